The van der Waals surface area contributed by atoms with Gasteiger partial charge in [-0.05, 0) is 35.6 Å². The SMILES string of the molecule is COc1ccc(C2CC(=O)NC3=C2C(=O)CC(c2ccccc2)C3)cc1. The third-order valence-corrected chi connectivity index (χ3v) is 5.33. The number of rotatable bonds is 3. The number of benzene rings is 2. The summed E-state index contributed by atoms with van der Waals surface area (Å²) in [6.45, 7) is 0. The van der Waals surface area contributed by atoms with Gasteiger partial charge in [-0.15, -0.1) is 0 Å². The van der Waals surface area contributed by atoms with Crippen LogP contribution in [0.2, 0.25) is 0 Å². The Hall–Kier alpha value is -2.88. The van der Waals surface area contributed by atoms with Gasteiger partial charge >= 0.3 is 0 Å². The highest BCUT2D eigenvalue weighted by Crippen LogP contribution is 2.42. The molecule has 1 aliphatic heterocycles. The molecule has 2 aliphatic rings. The van der Waals surface area contributed by atoms with Crippen molar-refractivity contribution >= 4 is 11.7 Å². The lowest BCUT2D eigenvalue weighted by molar-refractivity contribution is -0.122. The normalized spacial score (nSPS) is 22.7. The maximum atomic E-state index is 13.0. The van der Waals surface area contributed by atoms with Gasteiger partial charge in [-0.3, -0.25) is 9.59 Å². The fourth-order valence-corrected chi connectivity index (χ4v) is 4.04. The summed E-state index contributed by atoms with van der Waals surface area (Å²) in [5, 5.41) is 2.97. The minimum atomic E-state index is -0.172. The van der Waals surface area contributed by atoms with Crippen molar-refractivity contribution in [2.45, 2.75) is 31.1 Å². The number of Topliss-reactive ketones (excluding diaryl/α,β-unsaturated/α-hetero) is 1. The second-order valence-corrected chi connectivity index (χ2v) is 6.91. The molecule has 1 aliphatic carbocycles. The highest BCUT2D eigenvalue weighted by atomic mass is 16.5. The lowest BCUT2D eigenvalue weighted by atomic mass is 9.73. The van der Waals surface area contributed by atoms with E-state index < -0.39 is 0 Å². The number of ether oxygens (including phenoxy) is 1. The molecule has 0 fully saturated rings. The summed E-state index contributed by atoms with van der Waals surface area (Å²) in [5.41, 5.74) is 3.71. The van der Waals surface area contributed by atoms with Crippen LogP contribution in [0, 0.1) is 0 Å². The zero-order chi connectivity index (χ0) is 18.1. The molecule has 4 rings (SSSR count). The molecule has 0 radical (unpaired) electrons. The first-order valence-corrected chi connectivity index (χ1v) is 8.90. The van der Waals surface area contributed by atoms with Crippen LogP contribution >= 0.6 is 0 Å². The monoisotopic (exact) mass is 347 g/mol. The minimum absolute atomic E-state index is 0.0221. The first-order valence-electron chi connectivity index (χ1n) is 8.90. The van der Waals surface area contributed by atoms with Crippen LogP contribution in [0.15, 0.2) is 65.9 Å². The van der Waals surface area contributed by atoms with Gasteiger partial charge in [0.25, 0.3) is 0 Å². The molecule has 0 saturated heterocycles. The van der Waals surface area contributed by atoms with E-state index in [1.165, 1.54) is 0 Å². The molecule has 1 heterocycles. The maximum Gasteiger partial charge on any atom is 0.225 e. The van der Waals surface area contributed by atoms with Crippen molar-refractivity contribution in [3.8, 4) is 5.75 Å². The molecule has 0 saturated carbocycles. The average molecular weight is 347 g/mol. The number of methoxy groups -OCH3 is 1. The molecule has 26 heavy (non-hydrogen) atoms. The smallest absolute Gasteiger partial charge is 0.225 e. The van der Waals surface area contributed by atoms with E-state index in [0.717, 1.165) is 28.1 Å². The zero-order valence-electron chi connectivity index (χ0n) is 14.7. The van der Waals surface area contributed by atoms with Crippen molar-refractivity contribution < 1.29 is 14.3 Å². The minimum Gasteiger partial charge on any atom is -0.497 e. The van der Waals surface area contributed by atoms with Crippen molar-refractivity contribution in [1.82, 2.24) is 5.32 Å². The lowest BCUT2D eigenvalue weighted by Gasteiger charge is -2.34. The van der Waals surface area contributed by atoms with Crippen LogP contribution < -0.4 is 10.1 Å². The zero-order valence-corrected chi connectivity index (χ0v) is 14.7. The van der Waals surface area contributed by atoms with Crippen LogP contribution in [0.1, 0.15) is 42.2 Å². The summed E-state index contributed by atoms with van der Waals surface area (Å²) in [7, 11) is 1.62. The molecule has 2 unspecified atom stereocenters. The molecular weight excluding hydrogens is 326 g/mol. The van der Waals surface area contributed by atoms with Crippen molar-refractivity contribution in [3.63, 3.8) is 0 Å². The predicted molar refractivity (Wildman–Crippen MR) is 98.9 cm³/mol. The average Bonchev–Trinajstić information content (AvgIpc) is 2.67. The number of hydrogen-bond donors (Lipinski definition) is 1. The van der Waals surface area contributed by atoms with Crippen LogP contribution in [-0.2, 0) is 9.59 Å². The predicted octanol–water partition coefficient (Wildman–Crippen LogP) is 3.70. The molecular formula is C22H21NO3. The number of nitrogens with one attached hydrogen (secondary N) is 1. The van der Waals surface area contributed by atoms with Crippen molar-refractivity contribution in [2.75, 3.05) is 7.11 Å². The molecule has 0 spiro atoms. The summed E-state index contributed by atoms with van der Waals surface area (Å²) in [4.78, 5) is 25.3. The van der Waals surface area contributed by atoms with E-state index in [1.807, 2.05) is 42.5 Å². The van der Waals surface area contributed by atoms with Gasteiger partial charge in [0.15, 0.2) is 5.78 Å². The molecule has 1 amide bonds. The van der Waals surface area contributed by atoms with Gasteiger partial charge < -0.3 is 10.1 Å². The van der Waals surface area contributed by atoms with E-state index in [-0.39, 0.29) is 23.5 Å². The van der Waals surface area contributed by atoms with Crippen molar-refractivity contribution in [2.24, 2.45) is 0 Å². The Bertz CT molecular complexity index is 868. The van der Waals surface area contributed by atoms with E-state index in [0.29, 0.717) is 19.3 Å². The van der Waals surface area contributed by atoms with Gasteiger partial charge in [-0.25, -0.2) is 0 Å². The van der Waals surface area contributed by atoms with Gasteiger partial charge in [0.1, 0.15) is 5.75 Å². The van der Waals surface area contributed by atoms with Crippen LogP contribution in [0.5, 0.6) is 5.75 Å². The number of carbonyl (C=O) groups excluding carboxylic acids is 2. The quantitative estimate of drug-likeness (QED) is 0.921. The van der Waals surface area contributed by atoms with E-state index in [1.54, 1.807) is 7.11 Å². The Balaban J connectivity index is 1.69. The van der Waals surface area contributed by atoms with Gasteiger partial charge in [0.2, 0.25) is 5.91 Å². The van der Waals surface area contributed by atoms with E-state index >= 15 is 0 Å². The molecule has 0 bridgehead atoms. The van der Waals surface area contributed by atoms with Crippen molar-refractivity contribution in [1.29, 1.82) is 0 Å². The summed E-state index contributed by atoms with van der Waals surface area (Å²) < 4.78 is 5.21. The Morgan fingerprint density at radius 2 is 1.62 bits per heavy atom. The lowest BCUT2D eigenvalue weighted by Crippen LogP contribution is -2.38. The summed E-state index contributed by atoms with van der Waals surface area (Å²) in [6, 6.07) is 17.7. The van der Waals surface area contributed by atoms with Gasteiger partial charge in [-0.1, -0.05) is 42.5 Å². The van der Waals surface area contributed by atoms with Crippen LogP contribution in [0.3, 0.4) is 0 Å². The number of hydrogen-bond acceptors (Lipinski definition) is 3. The Morgan fingerprint density at radius 3 is 2.31 bits per heavy atom. The highest BCUT2D eigenvalue weighted by Gasteiger charge is 2.38. The number of allylic oxidation sites excluding steroid dienone is 2. The maximum absolute atomic E-state index is 13.0. The van der Waals surface area contributed by atoms with Crippen LogP contribution in [0.25, 0.3) is 0 Å². The standard InChI is InChI=1S/C22H21NO3/c1-26-17-9-7-15(8-10-17)18-13-21(25)23-19-11-16(12-20(24)22(18)19)14-5-3-2-4-6-14/h2-10,16,18H,11-13H2,1H3,(H,23,25). The molecule has 132 valence electrons. The van der Waals surface area contributed by atoms with Crippen molar-refractivity contribution in [3.05, 3.63) is 77.0 Å². The largest absolute Gasteiger partial charge is 0.497 e. The molecule has 4 heteroatoms. The Kier molecular flexibility index (Phi) is 4.33. The molecule has 2 aromatic carbocycles. The van der Waals surface area contributed by atoms with E-state index in [9.17, 15) is 9.59 Å². The second-order valence-electron chi connectivity index (χ2n) is 6.91. The Labute approximate surface area is 152 Å². The first kappa shape index (κ1) is 16.6. The topological polar surface area (TPSA) is 55.4 Å². The molecule has 2 atom stereocenters. The molecule has 2 aromatic rings. The van der Waals surface area contributed by atoms with E-state index in [4.69, 9.17) is 4.74 Å². The Morgan fingerprint density at radius 1 is 0.885 bits per heavy atom. The van der Waals surface area contributed by atoms with Gasteiger partial charge in [0.05, 0.1) is 7.11 Å². The van der Waals surface area contributed by atoms with E-state index in [2.05, 4.69) is 17.4 Å². The van der Waals surface area contributed by atoms with Gasteiger partial charge in [0, 0.05) is 30.0 Å². The fourth-order valence-electron chi connectivity index (χ4n) is 4.04. The number of carbonyl (C=O) groups is 2. The summed E-state index contributed by atoms with van der Waals surface area (Å²) in [6.07, 6.45) is 1.50. The molecule has 1 N–H and O–H groups in total. The molecule has 0 aromatic heterocycles. The summed E-state index contributed by atoms with van der Waals surface area (Å²) in [5.74, 6) is 0.834. The third kappa shape index (κ3) is 3.03. The third-order valence-electron chi connectivity index (χ3n) is 5.33. The second kappa shape index (κ2) is 6.79. The highest BCUT2D eigenvalue weighted by molar-refractivity contribution is 6.02. The van der Waals surface area contributed by atoms with Gasteiger partial charge in [-0.2, -0.15) is 0 Å². The van der Waals surface area contributed by atoms with Crippen LogP contribution in [-0.4, -0.2) is 18.8 Å². The number of ketones is 1. The van der Waals surface area contributed by atoms with Crippen LogP contribution in [0.4, 0.5) is 0 Å². The summed E-state index contributed by atoms with van der Waals surface area (Å²) >= 11 is 0. The number of amides is 1. The first-order chi connectivity index (χ1) is 12.7. The molecule has 4 nitrogen and oxygen atoms in total. The fraction of sp³-hybridized carbons (Fsp3) is 0.273.